The molecule has 0 aliphatic carbocycles. The number of rotatable bonds is 5. The molecule has 8 heteroatoms. The normalized spacial score (nSPS) is 17.6. The van der Waals surface area contributed by atoms with E-state index in [4.69, 9.17) is 18.9 Å². The Kier molecular flexibility index (Phi) is 6.66. The van der Waals surface area contributed by atoms with E-state index < -0.39 is 0 Å². The lowest BCUT2D eigenvalue weighted by atomic mass is 9.96. The third kappa shape index (κ3) is 4.94. The number of amides is 1. The van der Waals surface area contributed by atoms with Gasteiger partial charge in [-0.05, 0) is 32.0 Å². The van der Waals surface area contributed by atoms with E-state index in [1.165, 1.54) is 4.90 Å². The summed E-state index contributed by atoms with van der Waals surface area (Å²) >= 11 is 0. The highest BCUT2D eigenvalue weighted by molar-refractivity contribution is 6.00. The minimum Gasteiger partial charge on any atom is -0.454 e. The van der Waals surface area contributed by atoms with Gasteiger partial charge in [0.25, 0.3) is 0 Å². The van der Waals surface area contributed by atoms with Crippen LogP contribution in [-0.2, 0) is 14.3 Å². The molecule has 8 nitrogen and oxygen atoms in total. The third-order valence-electron chi connectivity index (χ3n) is 5.22. The number of Topliss-reactive ketones (excluding diaryl/α,β-unsaturated/α-hetero) is 1. The van der Waals surface area contributed by atoms with Gasteiger partial charge in [0, 0.05) is 31.7 Å². The standard InChI is InChI=1S/C17H22N2O4.C5H6O2/c1-11(2)19-7-13(8-19)17(21)18(3)9-14(20)12-4-5-15-16(6-12)23-10-22-15;1-4-5(2)7-3-6-4/h4-6,11,13H,7-10H2,1-3H3;1-3H2. The van der Waals surface area contributed by atoms with Crippen molar-refractivity contribution in [2.75, 3.05) is 40.3 Å². The third-order valence-corrected chi connectivity index (χ3v) is 5.22. The van der Waals surface area contributed by atoms with Crippen molar-refractivity contribution in [3.8, 4) is 11.5 Å². The maximum atomic E-state index is 12.4. The molecule has 0 spiro atoms. The summed E-state index contributed by atoms with van der Waals surface area (Å²) in [6.45, 7) is 13.3. The number of likely N-dealkylation sites (N-methyl/N-ethyl adjacent to an activating group) is 1. The topological polar surface area (TPSA) is 77.5 Å². The minimum atomic E-state index is -0.0980. The summed E-state index contributed by atoms with van der Waals surface area (Å²) in [6.07, 6.45) is 0. The number of benzene rings is 1. The van der Waals surface area contributed by atoms with Gasteiger partial charge in [0.15, 0.2) is 28.8 Å². The first-order valence-electron chi connectivity index (χ1n) is 9.82. The molecule has 0 atom stereocenters. The zero-order chi connectivity index (χ0) is 21.8. The lowest BCUT2D eigenvalue weighted by Gasteiger charge is -2.42. The first-order valence-corrected chi connectivity index (χ1v) is 9.82. The zero-order valence-corrected chi connectivity index (χ0v) is 17.7. The Labute approximate surface area is 176 Å². The molecule has 0 bridgehead atoms. The number of carbonyl (C=O) groups excluding carboxylic acids is 2. The van der Waals surface area contributed by atoms with Gasteiger partial charge in [-0.3, -0.25) is 14.5 Å². The van der Waals surface area contributed by atoms with Crippen molar-refractivity contribution in [1.82, 2.24) is 9.80 Å². The van der Waals surface area contributed by atoms with Crippen molar-refractivity contribution in [2.45, 2.75) is 19.9 Å². The minimum absolute atomic E-state index is 0.00644. The molecule has 1 aromatic rings. The van der Waals surface area contributed by atoms with E-state index >= 15 is 0 Å². The summed E-state index contributed by atoms with van der Waals surface area (Å²) in [6, 6.07) is 5.56. The van der Waals surface area contributed by atoms with Gasteiger partial charge in [0.2, 0.25) is 19.5 Å². The van der Waals surface area contributed by atoms with E-state index in [0.717, 1.165) is 13.1 Å². The molecule has 0 N–H and O–H groups in total. The molecule has 4 rings (SSSR count). The molecular weight excluding hydrogens is 388 g/mol. The number of ether oxygens (including phenoxy) is 4. The predicted molar refractivity (Wildman–Crippen MR) is 110 cm³/mol. The fourth-order valence-electron chi connectivity index (χ4n) is 3.19. The van der Waals surface area contributed by atoms with Gasteiger partial charge in [-0.1, -0.05) is 13.2 Å². The summed E-state index contributed by atoms with van der Waals surface area (Å²) in [5, 5.41) is 0. The maximum absolute atomic E-state index is 12.4. The summed E-state index contributed by atoms with van der Waals surface area (Å²) < 4.78 is 20.0. The first kappa shape index (κ1) is 21.7. The summed E-state index contributed by atoms with van der Waals surface area (Å²) in [5.74, 6) is 2.26. The van der Waals surface area contributed by atoms with E-state index in [1.54, 1.807) is 25.2 Å². The second-order valence-electron chi connectivity index (χ2n) is 7.68. The van der Waals surface area contributed by atoms with Crippen LogP contribution >= 0.6 is 0 Å². The Balaban J connectivity index is 0.000000310. The molecule has 2 fully saturated rings. The Hall–Kier alpha value is -3.00. The highest BCUT2D eigenvalue weighted by Gasteiger charge is 2.35. The Morgan fingerprint density at radius 1 is 1.07 bits per heavy atom. The van der Waals surface area contributed by atoms with E-state index in [-0.39, 0.29) is 37.7 Å². The summed E-state index contributed by atoms with van der Waals surface area (Å²) in [5.41, 5.74) is 0.534. The fourth-order valence-corrected chi connectivity index (χ4v) is 3.19. The monoisotopic (exact) mass is 416 g/mol. The maximum Gasteiger partial charge on any atom is 0.231 e. The van der Waals surface area contributed by atoms with Gasteiger partial charge in [-0.2, -0.15) is 0 Å². The summed E-state index contributed by atoms with van der Waals surface area (Å²) in [4.78, 5) is 28.5. The van der Waals surface area contributed by atoms with E-state index in [2.05, 4.69) is 31.9 Å². The number of likely N-dealkylation sites (tertiary alicyclic amines) is 1. The molecule has 30 heavy (non-hydrogen) atoms. The highest BCUT2D eigenvalue weighted by atomic mass is 16.7. The van der Waals surface area contributed by atoms with Gasteiger partial charge in [0.1, 0.15) is 0 Å². The van der Waals surface area contributed by atoms with Crippen LogP contribution in [0.15, 0.2) is 42.9 Å². The van der Waals surface area contributed by atoms with Crippen molar-refractivity contribution in [3.63, 3.8) is 0 Å². The SMILES string of the molecule is C=C1OCOC1=C.CC(C)N1CC(C(=O)N(C)CC(=O)c2ccc3c(c2)OCO3)C1. The average molecular weight is 416 g/mol. The molecular formula is C22H28N2O6. The smallest absolute Gasteiger partial charge is 0.231 e. The average Bonchev–Trinajstić information content (AvgIpc) is 3.28. The van der Waals surface area contributed by atoms with Crippen molar-refractivity contribution < 1.29 is 28.5 Å². The molecule has 0 unspecified atom stereocenters. The van der Waals surface area contributed by atoms with Gasteiger partial charge >= 0.3 is 0 Å². The summed E-state index contributed by atoms with van der Waals surface area (Å²) in [7, 11) is 1.69. The van der Waals surface area contributed by atoms with Crippen LogP contribution in [0.4, 0.5) is 0 Å². The lowest BCUT2D eigenvalue weighted by Crippen LogP contribution is -2.56. The van der Waals surface area contributed by atoms with Crippen LogP contribution in [0.2, 0.25) is 0 Å². The molecule has 0 radical (unpaired) electrons. The van der Waals surface area contributed by atoms with Gasteiger partial charge in [-0.25, -0.2) is 0 Å². The highest BCUT2D eigenvalue weighted by Crippen LogP contribution is 2.32. The Bertz CT molecular complexity index is 830. The molecule has 0 saturated carbocycles. The van der Waals surface area contributed by atoms with Gasteiger partial charge in [0.05, 0.1) is 12.5 Å². The molecule has 3 aliphatic rings. The van der Waals surface area contributed by atoms with Crippen LogP contribution in [-0.4, -0.2) is 67.8 Å². The zero-order valence-electron chi connectivity index (χ0n) is 17.7. The van der Waals surface area contributed by atoms with Crippen molar-refractivity contribution in [3.05, 3.63) is 48.4 Å². The van der Waals surface area contributed by atoms with Crippen LogP contribution in [0.3, 0.4) is 0 Å². The van der Waals surface area contributed by atoms with E-state index in [1.807, 2.05) is 0 Å². The van der Waals surface area contributed by atoms with Crippen LogP contribution in [0, 0.1) is 5.92 Å². The molecule has 162 valence electrons. The van der Waals surface area contributed by atoms with Crippen LogP contribution in [0.1, 0.15) is 24.2 Å². The van der Waals surface area contributed by atoms with Gasteiger partial charge < -0.3 is 23.8 Å². The van der Waals surface area contributed by atoms with Crippen molar-refractivity contribution in [2.24, 2.45) is 5.92 Å². The lowest BCUT2D eigenvalue weighted by molar-refractivity contribution is -0.140. The Morgan fingerprint density at radius 3 is 2.23 bits per heavy atom. The van der Waals surface area contributed by atoms with Crippen LogP contribution in [0.5, 0.6) is 11.5 Å². The van der Waals surface area contributed by atoms with Gasteiger partial charge in [-0.15, -0.1) is 0 Å². The second-order valence-corrected chi connectivity index (χ2v) is 7.68. The number of carbonyl (C=O) groups is 2. The number of ketones is 1. The Morgan fingerprint density at radius 2 is 1.67 bits per heavy atom. The number of nitrogens with zero attached hydrogens (tertiary/aromatic N) is 2. The largest absolute Gasteiger partial charge is 0.454 e. The molecule has 1 aromatic carbocycles. The quantitative estimate of drug-likeness (QED) is 0.682. The van der Waals surface area contributed by atoms with Crippen molar-refractivity contribution in [1.29, 1.82) is 0 Å². The second kappa shape index (κ2) is 9.21. The first-order chi connectivity index (χ1) is 14.3. The molecule has 3 aliphatic heterocycles. The number of hydrogen-bond donors (Lipinski definition) is 0. The van der Waals surface area contributed by atoms with Crippen LogP contribution in [0.25, 0.3) is 0 Å². The van der Waals surface area contributed by atoms with Crippen molar-refractivity contribution >= 4 is 11.7 Å². The fraction of sp³-hybridized carbons (Fsp3) is 0.455. The van der Waals surface area contributed by atoms with E-state index in [9.17, 15) is 9.59 Å². The molecule has 1 amide bonds. The number of hydrogen-bond acceptors (Lipinski definition) is 7. The van der Waals surface area contributed by atoms with Crippen LogP contribution < -0.4 is 9.47 Å². The van der Waals surface area contributed by atoms with E-state index in [0.29, 0.717) is 34.6 Å². The predicted octanol–water partition coefficient (Wildman–Crippen LogP) is 2.41. The number of fused-ring (bicyclic) bond motifs is 1. The molecule has 3 heterocycles. The molecule has 2 saturated heterocycles. The molecule has 0 aromatic heterocycles.